The Balaban J connectivity index is 0.00000364. The van der Waals surface area contributed by atoms with Gasteiger partial charge in [-0.15, -0.1) is 30.4 Å². The number of guanidine groups is 1. The number of anilines is 1. The highest BCUT2D eigenvalue weighted by atomic mass is 127. The molecule has 1 aromatic carbocycles. The van der Waals surface area contributed by atoms with E-state index >= 15 is 0 Å². The molecule has 1 amide bonds. The molecule has 2 rings (SSSR count). The van der Waals surface area contributed by atoms with Crippen molar-refractivity contribution < 1.29 is 4.79 Å². The van der Waals surface area contributed by atoms with Crippen LogP contribution in [0, 0.1) is 12.3 Å². The van der Waals surface area contributed by atoms with E-state index in [1.54, 1.807) is 6.07 Å². The van der Waals surface area contributed by atoms with Crippen LogP contribution in [0.3, 0.4) is 0 Å². The van der Waals surface area contributed by atoms with Crippen LogP contribution in [-0.2, 0) is 4.79 Å². The SMILES string of the molecule is C#Cc1cccc(NC(=O)CN=C(NCC)NCCN2CCCCC2)c1.I. The molecule has 0 unspecified atom stereocenters. The predicted molar refractivity (Wildman–Crippen MR) is 123 cm³/mol. The number of carbonyl (C=O) groups excluding carboxylic acids is 1. The molecule has 27 heavy (non-hydrogen) atoms. The van der Waals surface area contributed by atoms with Crippen LogP contribution in [0.2, 0.25) is 0 Å². The van der Waals surface area contributed by atoms with Gasteiger partial charge in [0.05, 0.1) is 0 Å². The van der Waals surface area contributed by atoms with E-state index in [2.05, 4.69) is 31.8 Å². The molecule has 0 spiro atoms. The van der Waals surface area contributed by atoms with Gasteiger partial charge in [0.1, 0.15) is 6.54 Å². The summed E-state index contributed by atoms with van der Waals surface area (Å²) in [5, 5.41) is 9.28. The zero-order valence-corrected chi connectivity index (χ0v) is 18.3. The molecule has 0 aromatic heterocycles. The molecule has 1 aliphatic heterocycles. The number of nitrogens with zero attached hydrogens (tertiary/aromatic N) is 2. The lowest BCUT2D eigenvalue weighted by Gasteiger charge is -2.26. The fourth-order valence-corrected chi connectivity index (χ4v) is 2.90. The Morgan fingerprint density at radius 2 is 2.04 bits per heavy atom. The molecule has 1 aromatic rings. The minimum absolute atomic E-state index is 0. The number of aliphatic imine (C=N–C) groups is 1. The van der Waals surface area contributed by atoms with Gasteiger partial charge in [-0.25, -0.2) is 4.99 Å². The second-order valence-electron chi connectivity index (χ2n) is 6.30. The minimum Gasteiger partial charge on any atom is -0.357 e. The van der Waals surface area contributed by atoms with E-state index in [0.717, 1.165) is 25.2 Å². The van der Waals surface area contributed by atoms with Crippen molar-refractivity contribution in [1.82, 2.24) is 15.5 Å². The highest BCUT2D eigenvalue weighted by Gasteiger charge is 2.09. The molecule has 0 bridgehead atoms. The summed E-state index contributed by atoms with van der Waals surface area (Å²) >= 11 is 0. The summed E-state index contributed by atoms with van der Waals surface area (Å²) in [6.07, 6.45) is 9.29. The highest BCUT2D eigenvalue weighted by molar-refractivity contribution is 14.0. The fourth-order valence-electron chi connectivity index (χ4n) is 2.90. The number of benzene rings is 1. The predicted octanol–water partition coefficient (Wildman–Crippen LogP) is 2.27. The Bertz CT molecular complexity index is 650. The maximum absolute atomic E-state index is 12.1. The van der Waals surface area contributed by atoms with Gasteiger partial charge in [-0.2, -0.15) is 0 Å². The molecule has 1 fully saturated rings. The Morgan fingerprint density at radius 1 is 1.26 bits per heavy atom. The van der Waals surface area contributed by atoms with E-state index in [1.165, 1.54) is 32.4 Å². The second-order valence-corrected chi connectivity index (χ2v) is 6.30. The normalized spacial score (nSPS) is 14.6. The van der Waals surface area contributed by atoms with Gasteiger partial charge >= 0.3 is 0 Å². The van der Waals surface area contributed by atoms with Crippen molar-refractivity contribution in [3.63, 3.8) is 0 Å². The van der Waals surface area contributed by atoms with Crippen molar-refractivity contribution in [2.75, 3.05) is 44.6 Å². The largest absolute Gasteiger partial charge is 0.357 e. The molecule has 0 aliphatic carbocycles. The topological polar surface area (TPSA) is 68.8 Å². The number of amides is 1. The molecular formula is C20H30IN5O. The first-order valence-electron chi connectivity index (χ1n) is 9.32. The highest BCUT2D eigenvalue weighted by Crippen LogP contribution is 2.09. The molecule has 3 N–H and O–H groups in total. The van der Waals surface area contributed by atoms with E-state index < -0.39 is 0 Å². The van der Waals surface area contributed by atoms with Crippen LogP contribution in [-0.4, -0.2) is 56.0 Å². The van der Waals surface area contributed by atoms with Crippen LogP contribution in [0.4, 0.5) is 5.69 Å². The molecule has 0 atom stereocenters. The Labute approximate surface area is 179 Å². The second kappa shape index (κ2) is 13.4. The van der Waals surface area contributed by atoms with Gasteiger partial charge in [-0.3, -0.25) is 4.79 Å². The smallest absolute Gasteiger partial charge is 0.246 e. The lowest BCUT2D eigenvalue weighted by atomic mass is 10.1. The third-order valence-corrected chi connectivity index (χ3v) is 4.21. The molecular weight excluding hydrogens is 453 g/mol. The Kier molecular flexibility index (Phi) is 11.5. The summed E-state index contributed by atoms with van der Waals surface area (Å²) in [6.45, 7) is 6.98. The number of hydrogen-bond acceptors (Lipinski definition) is 3. The summed E-state index contributed by atoms with van der Waals surface area (Å²) < 4.78 is 0. The maximum atomic E-state index is 12.1. The number of terminal acetylenes is 1. The number of piperidine rings is 1. The van der Waals surface area contributed by atoms with E-state index in [4.69, 9.17) is 6.42 Å². The fraction of sp³-hybridized carbons (Fsp3) is 0.500. The van der Waals surface area contributed by atoms with Crippen LogP contribution in [0.5, 0.6) is 0 Å². The van der Waals surface area contributed by atoms with E-state index in [9.17, 15) is 4.79 Å². The number of rotatable bonds is 7. The summed E-state index contributed by atoms with van der Waals surface area (Å²) in [7, 11) is 0. The molecule has 148 valence electrons. The number of likely N-dealkylation sites (tertiary alicyclic amines) is 1. The monoisotopic (exact) mass is 483 g/mol. The van der Waals surface area contributed by atoms with Gasteiger partial charge in [0, 0.05) is 30.9 Å². The Hall–Kier alpha value is -1.79. The van der Waals surface area contributed by atoms with Gasteiger partial charge in [-0.05, 0) is 51.1 Å². The van der Waals surface area contributed by atoms with E-state index in [-0.39, 0.29) is 36.4 Å². The van der Waals surface area contributed by atoms with E-state index in [1.807, 2.05) is 25.1 Å². The van der Waals surface area contributed by atoms with Crippen molar-refractivity contribution in [1.29, 1.82) is 0 Å². The van der Waals surface area contributed by atoms with Crippen molar-refractivity contribution >= 4 is 41.5 Å². The van der Waals surface area contributed by atoms with Crippen LogP contribution >= 0.6 is 24.0 Å². The van der Waals surface area contributed by atoms with Crippen molar-refractivity contribution in [2.45, 2.75) is 26.2 Å². The average molecular weight is 483 g/mol. The van der Waals surface area contributed by atoms with Gasteiger partial charge in [0.15, 0.2) is 5.96 Å². The van der Waals surface area contributed by atoms with Crippen molar-refractivity contribution in [3.8, 4) is 12.3 Å². The van der Waals surface area contributed by atoms with Crippen LogP contribution < -0.4 is 16.0 Å². The summed E-state index contributed by atoms with van der Waals surface area (Å²) in [5.41, 5.74) is 1.42. The molecule has 6 nitrogen and oxygen atoms in total. The lowest BCUT2D eigenvalue weighted by Crippen LogP contribution is -2.43. The number of carbonyl (C=O) groups is 1. The minimum atomic E-state index is -0.174. The number of nitrogens with one attached hydrogen (secondary N) is 3. The molecule has 0 saturated carbocycles. The molecule has 7 heteroatoms. The van der Waals surface area contributed by atoms with Gasteiger partial charge < -0.3 is 20.9 Å². The van der Waals surface area contributed by atoms with Crippen molar-refractivity contribution in [3.05, 3.63) is 29.8 Å². The summed E-state index contributed by atoms with van der Waals surface area (Å²) in [4.78, 5) is 18.9. The lowest BCUT2D eigenvalue weighted by molar-refractivity contribution is -0.114. The van der Waals surface area contributed by atoms with Gasteiger partial charge in [0.25, 0.3) is 0 Å². The number of hydrogen-bond donors (Lipinski definition) is 3. The van der Waals surface area contributed by atoms with Crippen LogP contribution in [0.25, 0.3) is 0 Å². The summed E-state index contributed by atoms with van der Waals surface area (Å²) in [6, 6.07) is 7.22. The average Bonchev–Trinajstić information content (AvgIpc) is 2.67. The first-order valence-corrected chi connectivity index (χ1v) is 9.32. The zero-order chi connectivity index (χ0) is 18.6. The molecule has 1 aliphatic rings. The molecule has 0 radical (unpaired) electrons. The Morgan fingerprint density at radius 3 is 2.74 bits per heavy atom. The third kappa shape index (κ3) is 9.11. The maximum Gasteiger partial charge on any atom is 0.246 e. The van der Waals surface area contributed by atoms with Crippen LogP contribution in [0.1, 0.15) is 31.7 Å². The van der Waals surface area contributed by atoms with E-state index in [0.29, 0.717) is 11.6 Å². The van der Waals surface area contributed by atoms with Crippen molar-refractivity contribution in [2.24, 2.45) is 4.99 Å². The molecule has 1 heterocycles. The standard InChI is InChI=1S/C20H29N5O.HI/c1-3-17-9-8-10-18(15-17)24-19(26)16-23-20(21-4-2)22-11-14-25-12-6-5-7-13-25;/h1,8-10,15H,4-7,11-14,16H2,2H3,(H,24,26)(H2,21,22,23);1H. The quantitative estimate of drug-likeness (QED) is 0.241. The third-order valence-electron chi connectivity index (χ3n) is 4.21. The van der Waals surface area contributed by atoms with Gasteiger partial charge in [0.2, 0.25) is 5.91 Å². The van der Waals surface area contributed by atoms with Crippen LogP contribution in [0.15, 0.2) is 29.3 Å². The first kappa shape index (κ1) is 23.2. The zero-order valence-electron chi connectivity index (χ0n) is 16.0. The number of halogens is 1. The van der Waals surface area contributed by atoms with Gasteiger partial charge in [-0.1, -0.05) is 18.4 Å². The summed E-state index contributed by atoms with van der Waals surface area (Å²) in [5.74, 6) is 3.05. The first-order chi connectivity index (χ1) is 12.7. The molecule has 1 saturated heterocycles.